The van der Waals surface area contributed by atoms with E-state index in [1.165, 1.54) is 54.6 Å². The highest BCUT2D eigenvalue weighted by molar-refractivity contribution is 6.02. The average molecular weight is 491 g/mol. The lowest BCUT2D eigenvalue weighted by Crippen LogP contribution is -2.34. The molecule has 7 rings (SSSR count). The largest absolute Gasteiger partial charge is 0.0842 e. The molecule has 2 atom stereocenters. The first-order chi connectivity index (χ1) is 18.9. The monoisotopic (exact) mass is 490 g/mol. The van der Waals surface area contributed by atoms with Crippen molar-refractivity contribution in [3.63, 3.8) is 0 Å². The van der Waals surface area contributed by atoms with Crippen LogP contribution in [-0.2, 0) is 0 Å². The highest BCUT2D eigenvalue weighted by Gasteiger charge is 2.25. The van der Waals surface area contributed by atoms with E-state index in [-0.39, 0.29) is 0 Å². The van der Waals surface area contributed by atoms with Gasteiger partial charge >= 0.3 is 0 Å². The van der Waals surface area contributed by atoms with Gasteiger partial charge in [-0.2, -0.15) is 0 Å². The molecule has 0 spiro atoms. The Hall–Kier alpha value is -3.90. The average Bonchev–Trinajstić information content (AvgIpc) is 3.01. The van der Waals surface area contributed by atoms with Crippen LogP contribution in [0.15, 0.2) is 115 Å². The quantitative estimate of drug-likeness (QED) is 0.344. The minimum atomic E-state index is 0.387. The van der Waals surface area contributed by atoms with Gasteiger partial charge in [0.25, 0.3) is 0 Å². The molecular weight excluding hydrogens is 456 g/mol. The third-order valence-corrected chi connectivity index (χ3v) is 8.63. The molecule has 0 radical (unpaired) electrons. The van der Waals surface area contributed by atoms with Crippen LogP contribution in [0.1, 0.15) is 61.1 Å². The summed E-state index contributed by atoms with van der Waals surface area (Å²) < 4.78 is 0. The summed E-state index contributed by atoms with van der Waals surface area (Å²) in [5.74, 6) is 0.830. The van der Waals surface area contributed by atoms with E-state index in [1.807, 2.05) is 0 Å². The van der Waals surface area contributed by atoms with Crippen molar-refractivity contribution in [2.75, 3.05) is 0 Å². The molecule has 3 aromatic carbocycles. The molecule has 0 amide bonds. The van der Waals surface area contributed by atoms with Crippen molar-refractivity contribution in [3.05, 3.63) is 142 Å². The van der Waals surface area contributed by atoms with E-state index < -0.39 is 0 Å². The van der Waals surface area contributed by atoms with Crippen molar-refractivity contribution in [1.82, 2.24) is 0 Å². The highest BCUT2D eigenvalue weighted by Crippen LogP contribution is 2.41. The SMILES string of the molecule is C1=CCCC(c2c3c(c(C4=CC(C5C=CC=CC5)=CC(c5ccccc5)C4)c4ccccc24)=CCCC=3)=C1. The van der Waals surface area contributed by atoms with Gasteiger partial charge in [-0.3, -0.25) is 0 Å². The van der Waals surface area contributed by atoms with Crippen LogP contribution >= 0.6 is 0 Å². The zero-order valence-electron chi connectivity index (χ0n) is 21.9. The molecule has 38 heavy (non-hydrogen) atoms. The number of hydrogen-bond donors (Lipinski definition) is 0. The van der Waals surface area contributed by atoms with Crippen molar-refractivity contribution < 1.29 is 0 Å². The van der Waals surface area contributed by atoms with Crippen LogP contribution in [0.4, 0.5) is 0 Å². The Morgan fingerprint density at radius 1 is 0.632 bits per heavy atom. The van der Waals surface area contributed by atoms with E-state index >= 15 is 0 Å². The molecule has 0 saturated carbocycles. The molecule has 0 nitrogen and oxygen atoms in total. The van der Waals surface area contributed by atoms with Crippen LogP contribution in [0.3, 0.4) is 0 Å². The lowest BCUT2D eigenvalue weighted by atomic mass is 9.76. The summed E-state index contributed by atoms with van der Waals surface area (Å²) in [6.45, 7) is 0. The van der Waals surface area contributed by atoms with Crippen molar-refractivity contribution in [3.8, 4) is 0 Å². The van der Waals surface area contributed by atoms with Gasteiger partial charge in [0.15, 0.2) is 0 Å². The summed E-state index contributed by atoms with van der Waals surface area (Å²) in [6, 6.07) is 20.3. The summed E-state index contributed by atoms with van der Waals surface area (Å²) in [6.07, 6.45) is 32.7. The molecule has 186 valence electrons. The minimum Gasteiger partial charge on any atom is -0.0842 e. The lowest BCUT2D eigenvalue weighted by molar-refractivity contribution is 0.751. The second kappa shape index (κ2) is 10.1. The molecule has 0 aromatic heterocycles. The maximum Gasteiger partial charge on any atom is 0.00646 e. The molecule has 4 aliphatic carbocycles. The Morgan fingerprint density at radius 3 is 2.05 bits per heavy atom. The number of hydrogen-bond acceptors (Lipinski definition) is 0. The molecule has 0 fully saturated rings. The standard InChI is InChI=1S/C38H34/c1-4-14-27(15-5-1)30-24-31(28-16-6-2-7-17-28)26-32(25-30)38-35-22-12-10-20-33(35)37(29-18-8-3-9-19-29)34-21-11-13-23-36(34)38/h1-8,10,12,14-16,18,20-24,26,28,30H,9,11,13,17,19,25H2. The van der Waals surface area contributed by atoms with Gasteiger partial charge in [-0.05, 0) is 93.1 Å². The number of benzene rings is 3. The van der Waals surface area contributed by atoms with Gasteiger partial charge in [0, 0.05) is 11.8 Å². The van der Waals surface area contributed by atoms with E-state index in [0.29, 0.717) is 11.8 Å². The summed E-state index contributed by atoms with van der Waals surface area (Å²) >= 11 is 0. The summed E-state index contributed by atoms with van der Waals surface area (Å²) in [4.78, 5) is 0. The fourth-order valence-corrected chi connectivity index (χ4v) is 6.84. The van der Waals surface area contributed by atoms with Crippen LogP contribution in [0.5, 0.6) is 0 Å². The van der Waals surface area contributed by atoms with E-state index in [0.717, 1.165) is 38.5 Å². The molecule has 0 aliphatic heterocycles. The number of fused-ring (bicyclic) bond motifs is 2. The fourth-order valence-electron chi connectivity index (χ4n) is 6.84. The zero-order valence-corrected chi connectivity index (χ0v) is 21.9. The maximum atomic E-state index is 2.55. The van der Waals surface area contributed by atoms with Crippen LogP contribution in [0.2, 0.25) is 0 Å². The van der Waals surface area contributed by atoms with Crippen LogP contribution in [0, 0.1) is 5.92 Å². The Balaban J connectivity index is 1.48. The third kappa shape index (κ3) is 4.19. The molecule has 0 heterocycles. The lowest BCUT2D eigenvalue weighted by Gasteiger charge is -2.28. The van der Waals surface area contributed by atoms with Gasteiger partial charge in [0.2, 0.25) is 0 Å². The predicted molar refractivity (Wildman–Crippen MR) is 164 cm³/mol. The van der Waals surface area contributed by atoms with Crippen LogP contribution < -0.4 is 10.4 Å². The first-order valence-electron chi connectivity index (χ1n) is 14.3. The second-order valence-corrected chi connectivity index (χ2v) is 11.0. The third-order valence-electron chi connectivity index (χ3n) is 8.63. The Morgan fingerprint density at radius 2 is 1.37 bits per heavy atom. The Kier molecular flexibility index (Phi) is 6.18. The molecular formula is C38H34. The summed E-state index contributed by atoms with van der Waals surface area (Å²) in [7, 11) is 0. The van der Waals surface area contributed by atoms with Gasteiger partial charge in [-0.1, -0.05) is 121 Å². The molecule has 0 bridgehead atoms. The van der Waals surface area contributed by atoms with Gasteiger partial charge < -0.3 is 0 Å². The Labute approximate surface area is 226 Å². The maximum absolute atomic E-state index is 2.55. The summed E-state index contributed by atoms with van der Waals surface area (Å²) in [5, 5.41) is 5.73. The first-order valence-corrected chi connectivity index (χ1v) is 14.3. The first kappa shape index (κ1) is 23.2. The molecule has 3 aromatic rings. The number of allylic oxidation sites excluding steroid dienone is 12. The van der Waals surface area contributed by atoms with Crippen molar-refractivity contribution in [2.24, 2.45) is 5.92 Å². The second-order valence-electron chi connectivity index (χ2n) is 11.0. The normalized spacial score (nSPS) is 22.2. The smallest absolute Gasteiger partial charge is 0.00646 e. The Bertz CT molecular complexity index is 1700. The topological polar surface area (TPSA) is 0 Å². The molecule has 0 saturated heterocycles. The molecule has 0 heteroatoms. The summed E-state index contributed by atoms with van der Waals surface area (Å²) in [5.41, 5.74) is 8.77. The van der Waals surface area contributed by atoms with Crippen LogP contribution in [0.25, 0.3) is 34.1 Å². The van der Waals surface area contributed by atoms with E-state index in [4.69, 9.17) is 0 Å². The van der Waals surface area contributed by atoms with E-state index in [2.05, 4.69) is 121 Å². The minimum absolute atomic E-state index is 0.387. The van der Waals surface area contributed by atoms with Gasteiger partial charge in [-0.15, -0.1) is 0 Å². The predicted octanol–water partition coefficient (Wildman–Crippen LogP) is 8.56. The van der Waals surface area contributed by atoms with Crippen molar-refractivity contribution >= 4 is 34.1 Å². The fraction of sp³-hybridized carbons (Fsp3) is 0.211. The number of rotatable bonds is 4. The van der Waals surface area contributed by atoms with Crippen molar-refractivity contribution in [1.29, 1.82) is 0 Å². The van der Waals surface area contributed by atoms with E-state index in [9.17, 15) is 0 Å². The zero-order chi connectivity index (χ0) is 25.3. The molecule has 4 aliphatic rings. The molecule has 0 N–H and O–H groups in total. The molecule has 2 unspecified atom stereocenters. The van der Waals surface area contributed by atoms with Gasteiger partial charge in [-0.25, -0.2) is 0 Å². The highest BCUT2D eigenvalue weighted by atomic mass is 14.3. The van der Waals surface area contributed by atoms with E-state index in [1.54, 1.807) is 0 Å². The van der Waals surface area contributed by atoms with Gasteiger partial charge in [0.05, 0.1) is 0 Å². The van der Waals surface area contributed by atoms with Crippen molar-refractivity contribution in [2.45, 2.75) is 44.4 Å². The van der Waals surface area contributed by atoms with Crippen LogP contribution in [-0.4, -0.2) is 0 Å². The van der Waals surface area contributed by atoms with Gasteiger partial charge in [0.1, 0.15) is 0 Å².